The average molecular weight is 238 g/mol. The lowest BCUT2D eigenvalue weighted by atomic mass is 9.79. The fourth-order valence-electron chi connectivity index (χ4n) is 2.89. The van der Waals surface area contributed by atoms with Crippen molar-refractivity contribution in [2.45, 2.75) is 46.1 Å². The maximum atomic E-state index is 12.1. The van der Waals surface area contributed by atoms with E-state index in [2.05, 4.69) is 31.4 Å². The summed E-state index contributed by atoms with van der Waals surface area (Å²) in [7, 11) is 0. The highest BCUT2D eigenvalue weighted by molar-refractivity contribution is 5.79. The van der Waals surface area contributed by atoms with Gasteiger partial charge in [-0.1, -0.05) is 20.8 Å². The molecule has 3 heteroatoms. The van der Waals surface area contributed by atoms with E-state index >= 15 is 0 Å². The minimum atomic E-state index is 0.172. The number of carbonyl (C=O) groups is 1. The zero-order valence-corrected chi connectivity index (χ0v) is 11.3. The summed E-state index contributed by atoms with van der Waals surface area (Å²) in [5, 5.41) is 6.49. The molecular formula is C14H26N2O. The van der Waals surface area contributed by atoms with Crippen LogP contribution < -0.4 is 10.6 Å². The second-order valence-corrected chi connectivity index (χ2v) is 6.18. The van der Waals surface area contributed by atoms with Crippen molar-refractivity contribution in [3.63, 3.8) is 0 Å². The summed E-state index contributed by atoms with van der Waals surface area (Å²) >= 11 is 0. The van der Waals surface area contributed by atoms with Crippen molar-refractivity contribution < 1.29 is 4.79 Å². The third-order valence-corrected chi connectivity index (χ3v) is 4.88. The topological polar surface area (TPSA) is 41.1 Å². The molecule has 4 unspecified atom stereocenters. The van der Waals surface area contributed by atoms with E-state index in [4.69, 9.17) is 0 Å². The van der Waals surface area contributed by atoms with Gasteiger partial charge < -0.3 is 10.6 Å². The molecular weight excluding hydrogens is 212 g/mol. The van der Waals surface area contributed by atoms with E-state index in [1.54, 1.807) is 0 Å². The fourth-order valence-corrected chi connectivity index (χ4v) is 2.89. The molecule has 3 nitrogen and oxygen atoms in total. The quantitative estimate of drug-likeness (QED) is 0.787. The Balaban J connectivity index is 1.78. The predicted octanol–water partition coefficient (Wildman–Crippen LogP) is 1.78. The second kappa shape index (κ2) is 5.38. The van der Waals surface area contributed by atoms with Crippen molar-refractivity contribution in [1.82, 2.24) is 10.6 Å². The smallest absolute Gasteiger partial charge is 0.223 e. The van der Waals surface area contributed by atoms with Gasteiger partial charge in [-0.25, -0.2) is 0 Å². The van der Waals surface area contributed by atoms with E-state index in [1.165, 1.54) is 6.42 Å². The Morgan fingerprint density at radius 3 is 2.47 bits per heavy atom. The molecule has 2 aliphatic rings. The van der Waals surface area contributed by atoms with Gasteiger partial charge in [-0.3, -0.25) is 4.79 Å². The van der Waals surface area contributed by atoms with Crippen LogP contribution in [0.5, 0.6) is 0 Å². The molecule has 0 aromatic heterocycles. The number of hydrogen-bond donors (Lipinski definition) is 2. The van der Waals surface area contributed by atoms with Gasteiger partial charge >= 0.3 is 0 Å². The van der Waals surface area contributed by atoms with Crippen molar-refractivity contribution in [3.05, 3.63) is 0 Å². The summed E-state index contributed by atoms with van der Waals surface area (Å²) in [5.41, 5.74) is 0. The Labute approximate surface area is 105 Å². The van der Waals surface area contributed by atoms with E-state index in [0.29, 0.717) is 12.0 Å². The SMILES string of the molecule is CC1CCC(NC(=O)C(C)C2CNC2)CC1C. The van der Waals surface area contributed by atoms with Crippen molar-refractivity contribution in [1.29, 1.82) is 0 Å². The molecule has 1 heterocycles. The molecule has 17 heavy (non-hydrogen) atoms. The number of nitrogens with one attached hydrogen (secondary N) is 2. The molecule has 4 atom stereocenters. The van der Waals surface area contributed by atoms with E-state index in [0.717, 1.165) is 37.8 Å². The molecule has 0 spiro atoms. The minimum absolute atomic E-state index is 0.172. The van der Waals surface area contributed by atoms with Crippen LogP contribution in [0, 0.1) is 23.7 Å². The van der Waals surface area contributed by atoms with Gasteiger partial charge in [-0.2, -0.15) is 0 Å². The zero-order chi connectivity index (χ0) is 12.4. The molecule has 2 fully saturated rings. The van der Waals surface area contributed by atoms with Crippen LogP contribution in [0.4, 0.5) is 0 Å². The van der Waals surface area contributed by atoms with Crippen LogP contribution >= 0.6 is 0 Å². The number of carbonyl (C=O) groups excluding carboxylic acids is 1. The van der Waals surface area contributed by atoms with Crippen LogP contribution in [-0.2, 0) is 4.79 Å². The van der Waals surface area contributed by atoms with E-state index in [9.17, 15) is 4.79 Å². The second-order valence-electron chi connectivity index (χ2n) is 6.18. The van der Waals surface area contributed by atoms with Gasteiger partial charge in [0.2, 0.25) is 5.91 Å². The molecule has 98 valence electrons. The molecule has 1 amide bonds. The summed E-state index contributed by atoms with van der Waals surface area (Å²) in [5.74, 6) is 2.55. The van der Waals surface area contributed by atoms with Gasteiger partial charge in [0.25, 0.3) is 0 Å². The van der Waals surface area contributed by atoms with Crippen LogP contribution in [0.15, 0.2) is 0 Å². The minimum Gasteiger partial charge on any atom is -0.353 e. The maximum Gasteiger partial charge on any atom is 0.223 e. The first-order chi connectivity index (χ1) is 8.08. The van der Waals surface area contributed by atoms with Gasteiger partial charge in [-0.05, 0) is 50.1 Å². The molecule has 0 aromatic rings. The zero-order valence-electron chi connectivity index (χ0n) is 11.3. The van der Waals surface area contributed by atoms with Crippen molar-refractivity contribution in [2.75, 3.05) is 13.1 Å². The van der Waals surface area contributed by atoms with E-state index in [-0.39, 0.29) is 11.8 Å². The highest BCUT2D eigenvalue weighted by Crippen LogP contribution is 2.29. The molecule has 1 saturated heterocycles. The summed E-state index contributed by atoms with van der Waals surface area (Å²) in [6, 6.07) is 0.421. The first-order valence-electron chi connectivity index (χ1n) is 7.09. The van der Waals surface area contributed by atoms with Crippen LogP contribution in [0.25, 0.3) is 0 Å². The van der Waals surface area contributed by atoms with Crippen molar-refractivity contribution >= 4 is 5.91 Å². The summed E-state index contributed by atoms with van der Waals surface area (Å²) in [4.78, 5) is 12.1. The summed E-state index contributed by atoms with van der Waals surface area (Å²) in [6.45, 7) is 8.71. The molecule has 2 N–H and O–H groups in total. The van der Waals surface area contributed by atoms with Gasteiger partial charge in [0.05, 0.1) is 0 Å². The molecule has 0 aromatic carbocycles. The van der Waals surface area contributed by atoms with Gasteiger partial charge in [0, 0.05) is 12.0 Å². The van der Waals surface area contributed by atoms with Crippen LogP contribution in [-0.4, -0.2) is 25.0 Å². The lowest BCUT2D eigenvalue weighted by Gasteiger charge is -2.35. The molecule has 1 aliphatic heterocycles. The lowest BCUT2D eigenvalue weighted by molar-refractivity contribution is -0.127. The van der Waals surface area contributed by atoms with Gasteiger partial charge in [-0.15, -0.1) is 0 Å². The Kier molecular flexibility index (Phi) is 4.08. The highest BCUT2D eigenvalue weighted by Gasteiger charge is 2.31. The number of amides is 1. The third-order valence-electron chi connectivity index (χ3n) is 4.88. The van der Waals surface area contributed by atoms with Crippen LogP contribution in [0.2, 0.25) is 0 Å². The van der Waals surface area contributed by atoms with E-state index < -0.39 is 0 Å². The fraction of sp³-hybridized carbons (Fsp3) is 0.929. The Hall–Kier alpha value is -0.570. The Bertz CT molecular complexity index is 275. The highest BCUT2D eigenvalue weighted by atomic mass is 16.1. The van der Waals surface area contributed by atoms with Crippen molar-refractivity contribution in [3.8, 4) is 0 Å². The number of rotatable bonds is 3. The molecule has 2 rings (SSSR count). The van der Waals surface area contributed by atoms with Crippen LogP contribution in [0.3, 0.4) is 0 Å². The standard InChI is InChI=1S/C14H26N2O/c1-9-4-5-13(6-10(9)2)16-14(17)11(3)12-7-15-8-12/h9-13,15H,4-8H2,1-3H3,(H,16,17). The van der Waals surface area contributed by atoms with E-state index in [1.807, 2.05) is 0 Å². The molecule has 0 radical (unpaired) electrons. The molecule has 1 aliphatic carbocycles. The largest absolute Gasteiger partial charge is 0.353 e. The van der Waals surface area contributed by atoms with Gasteiger partial charge in [0.1, 0.15) is 0 Å². The lowest BCUT2D eigenvalue weighted by Crippen LogP contribution is -2.51. The Morgan fingerprint density at radius 1 is 1.24 bits per heavy atom. The third kappa shape index (κ3) is 3.01. The normalized spacial score (nSPS) is 36.1. The van der Waals surface area contributed by atoms with Crippen molar-refractivity contribution in [2.24, 2.45) is 23.7 Å². The summed E-state index contributed by atoms with van der Waals surface area (Å²) in [6.07, 6.45) is 3.57. The van der Waals surface area contributed by atoms with Gasteiger partial charge in [0.15, 0.2) is 0 Å². The monoisotopic (exact) mass is 238 g/mol. The Morgan fingerprint density at radius 2 is 1.94 bits per heavy atom. The summed E-state index contributed by atoms with van der Waals surface area (Å²) < 4.78 is 0. The first-order valence-corrected chi connectivity index (χ1v) is 7.09. The molecule has 1 saturated carbocycles. The average Bonchev–Trinajstić information content (AvgIpc) is 2.21. The van der Waals surface area contributed by atoms with Crippen LogP contribution in [0.1, 0.15) is 40.0 Å². The predicted molar refractivity (Wildman–Crippen MR) is 69.6 cm³/mol. The maximum absolute atomic E-state index is 12.1. The molecule has 0 bridgehead atoms. The number of hydrogen-bond acceptors (Lipinski definition) is 2. The first kappa shape index (κ1) is 12.9.